The molecule has 0 aromatic heterocycles. The highest BCUT2D eigenvalue weighted by atomic mass is 16.2. The molecule has 4 unspecified atom stereocenters. The van der Waals surface area contributed by atoms with E-state index in [2.05, 4.69) is 50.7 Å². The molecular weight excluding hydrogens is 300 g/mol. The van der Waals surface area contributed by atoms with Gasteiger partial charge in [0.15, 0.2) is 0 Å². The SMILES string of the molecule is CC(C)=CC1C(C(=O)NNC(=O)C2C(C=C(C)C)C2(C)C)C1(C)C. The van der Waals surface area contributed by atoms with Crippen molar-refractivity contribution in [2.24, 2.45) is 34.5 Å². The Labute approximate surface area is 146 Å². The molecule has 2 saturated carbocycles. The summed E-state index contributed by atoms with van der Waals surface area (Å²) in [7, 11) is 0. The summed E-state index contributed by atoms with van der Waals surface area (Å²) in [4.78, 5) is 24.8. The van der Waals surface area contributed by atoms with Crippen LogP contribution in [0.25, 0.3) is 0 Å². The average molecular weight is 332 g/mol. The predicted octanol–water partition coefficient (Wildman–Crippen LogP) is 3.61. The number of nitrogens with one attached hydrogen (secondary N) is 2. The van der Waals surface area contributed by atoms with Gasteiger partial charge in [0.25, 0.3) is 0 Å². The number of carbonyl (C=O) groups is 2. The molecule has 134 valence electrons. The molecule has 0 aromatic rings. The van der Waals surface area contributed by atoms with Crippen molar-refractivity contribution in [2.75, 3.05) is 0 Å². The zero-order valence-corrected chi connectivity index (χ0v) is 16.3. The topological polar surface area (TPSA) is 58.2 Å². The van der Waals surface area contributed by atoms with Gasteiger partial charge in [0.05, 0.1) is 11.8 Å². The number of allylic oxidation sites excluding steroid dienone is 4. The smallest absolute Gasteiger partial charge is 0.242 e. The second-order valence-corrected chi connectivity index (χ2v) is 9.12. The number of hydrogen-bond acceptors (Lipinski definition) is 2. The first-order valence-corrected chi connectivity index (χ1v) is 8.80. The molecule has 0 aromatic carbocycles. The normalized spacial score (nSPS) is 31.5. The van der Waals surface area contributed by atoms with Gasteiger partial charge in [-0.1, -0.05) is 51.0 Å². The van der Waals surface area contributed by atoms with Gasteiger partial charge in [0, 0.05) is 0 Å². The minimum absolute atomic E-state index is 0.0461. The average Bonchev–Trinajstić information content (AvgIpc) is 3.15. The fraction of sp³-hybridized carbons (Fsp3) is 0.700. The Morgan fingerprint density at radius 3 is 1.25 bits per heavy atom. The van der Waals surface area contributed by atoms with Gasteiger partial charge in [-0.2, -0.15) is 0 Å². The van der Waals surface area contributed by atoms with Crippen LogP contribution >= 0.6 is 0 Å². The number of rotatable bonds is 4. The monoisotopic (exact) mass is 332 g/mol. The van der Waals surface area contributed by atoms with Gasteiger partial charge in [-0.15, -0.1) is 0 Å². The summed E-state index contributed by atoms with van der Waals surface area (Å²) in [5.41, 5.74) is 7.64. The zero-order chi connectivity index (χ0) is 18.4. The Morgan fingerprint density at radius 2 is 1.00 bits per heavy atom. The number of amides is 2. The molecule has 4 atom stereocenters. The lowest BCUT2D eigenvalue weighted by atomic mass is 10.1. The molecular formula is C20H32N2O2. The van der Waals surface area contributed by atoms with E-state index in [9.17, 15) is 9.59 Å². The van der Waals surface area contributed by atoms with Crippen molar-refractivity contribution in [1.29, 1.82) is 0 Å². The van der Waals surface area contributed by atoms with E-state index in [1.54, 1.807) is 0 Å². The molecule has 2 N–H and O–H groups in total. The summed E-state index contributed by atoms with van der Waals surface area (Å²) in [6, 6.07) is 0. The van der Waals surface area contributed by atoms with E-state index >= 15 is 0 Å². The minimum Gasteiger partial charge on any atom is -0.273 e. The highest BCUT2D eigenvalue weighted by Gasteiger charge is 2.62. The molecule has 0 heterocycles. The van der Waals surface area contributed by atoms with Crippen LogP contribution in [0.2, 0.25) is 0 Å². The third-order valence-corrected chi connectivity index (χ3v) is 5.72. The van der Waals surface area contributed by atoms with Crippen LogP contribution < -0.4 is 10.9 Å². The van der Waals surface area contributed by atoms with E-state index in [1.807, 2.05) is 27.7 Å². The van der Waals surface area contributed by atoms with Crippen LogP contribution in [-0.2, 0) is 9.59 Å². The van der Waals surface area contributed by atoms with Crippen LogP contribution in [0, 0.1) is 34.5 Å². The van der Waals surface area contributed by atoms with Crippen LogP contribution in [0.5, 0.6) is 0 Å². The summed E-state index contributed by atoms with van der Waals surface area (Å²) in [5, 5.41) is 0. The molecule has 0 saturated heterocycles. The van der Waals surface area contributed by atoms with Crippen LogP contribution in [0.15, 0.2) is 23.3 Å². The Hall–Kier alpha value is -1.58. The second-order valence-electron chi connectivity index (χ2n) is 9.12. The third-order valence-electron chi connectivity index (χ3n) is 5.72. The molecule has 4 heteroatoms. The van der Waals surface area contributed by atoms with E-state index in [4.69, 9.17) is 0 Å². The van der Waals surface area contributed by atoms with Gasteiger partial charge in [0.2, 0.25) is 11.8 Å². The molecule has 2 aliphatic carbocycles. The Kier molecular flexibility index (Phi) is 4.73. The highest BCUT2D eigenvalue weighted by Crippen LogP contribution is 2.60. The second kappa shape index (κ2) is 6.05. The largest absolute Gasteiger partial charge is 0.273 e. The first kappa shape index (κ1) is 18.8. The molecule has 0 bridgehead atoms. The number of carbonyl (C=O) groups excluding carboxylic acids is 2. The molecule has 0 spiro atoms. The van der Waals surface area contributed by atoms with Gasteiger partial charge < -0.3 is 0 Å². The van der Waals surface area contributed by atoms with E-state index in [0.29, 0.717) is 0 Å². The summed E-state index contributed by atoms with van der Waals surface area (Å²) in [5.74, 6) is 0.161. The molecule has 0 radical (unpaired) electrons. The lowest BCUT2D eigenvalue weighted by molar-refractivity contribution is -0.131. The fourth-order valence-corrected chi connectivity index (χ4v) is 3.98. The highest BCUT2D eigenvalue weighted by molar-refractivity contribution is 5.89. The number of hydrogen-bond donors (Lipinski definition) is 2. The van der Waals surface area contributed by atoms with E-state index in [-0.39, 0.29) is 46.3 Å². The lowest BCUT2D eigenvalue weighted by Gasteiger charge is -2.08. The molecule has 4 nitrogen and oxygen atoms in total. The van der Waals surface area contributed by atoms with Crippen molar-refractivity contribution in [3.63, 3.8) is 0 Å². The van der Waals surface area contributed by atoms with E-state index in [1.165, 1.54) is 11.1 Å². The fourth-order valence-electron chi connectivity index (χ4n) is 3.98. The van der Waals surface area contributed by atoms with Crippen molar-refractivity contribution >= 4 is 11.8 Å². The lowest BCUT2D eigenvalue weighted by Crippen LogP contribution is -2.44. The van der Waals surface area contributed by atoms with Crippen LogP contribution in [0.3, 0.4) is 0 Å². The standard InChI is InChI=1S/C20H32N2O2/c1-11(2)9-13-15(19(13,5)6)17(23)21-22-18(24)16-14(10-12(3)4)20(16,7)8/h9-10,13-16H,1-8H3,(H,21,23)(H,22,24). The predicted molar refractivity (Wildman–Crippen MR) is 96.7 cm³/mol. The van der Waals surface area contributed by atoms with Gasteiger partial charge in [-0.05, 0) is 50.4 Å². The van der Waals surface area contributed by atoms with Gasteiger partial charge in [0.1, 0.15) is 0 Å². The molecule has 24 heavy (non-hydrogen) atoms. The van der Waals surface area contributed by atoms with Gasteiger partial charge in [-0.25, -0.2) is 0 Å². The van der Waals surface area contributed by atoms with E-state index < -0.39 is 0 Å². The summed E-state index contributed by atoms with van der Waals surface area (Å²) < 4.78 is 0. The maximum absolute atomic E-state index is 12.4. The Balaban J connectivity index is 1.91. The summed E-state index contributed by atoms with van der Waals surface area (Å²) in [6.45, 7) is 16.6. The maximum Gasteiger partial charge on any atom is 0.242 e. The van der Waals surface area contributed by atoms with Crippen LogP contribution in [0.4, 0.5) is 0 Å². The molecule has 2 amide bonds. The third kappa shape index (κ3) is 3.42. The van der Waals surface area contributed by atoms with Crippen molar-refractivity contribution in [2.45, 2.75) is 55.4 Å². The van der Waals surface area contributed by atoms with Crippen molar-refractivity contribution in [3.05, 3.63) is 23.3 Å². The van der Waals surface area contributed by atoms with E-state index in [0.717, 1.165) is 0 Å². The van der Waals surface area contributed by atoms with Crippen molar-refractivity contribution < 1.29 is 9.59 Å². The summed E-state index contributed by atoms with van der Waals surface area (Å²) in [6.07, 6.45) is 4.31. The number of hydrazine groups is 1. The molecule has 2 rings (SSSR count). The quantitative estimate of drug-likeness (QED) is 0.610. The first-order valence-electron chi connectivity index (χ1n) is 8.80. The van der Waals surface area contributed by atoms with Crippen LogP contribution in [0.1, 0.15) is 55.4 Å². The Morgan fingerprint density at radius 1 is 0.708 bits per heavy atom. The zero-order valence-electron chi connectivity index (χ0n) is 16.3. The molecule has 2 fully saturated rings. The van der Waals surface area contributed by atoms with Crippen molar-refractivity contribution in [1.82, 2.24) is 10.9 Å². The maximum atomic E-state index is 12.4. The van der Waals surface area contributed by atoms with Crippen LogP contribution in [-0.4, -0.2) is 11.8 Å². The first-order chi connectivity index (χ1) is 10.9. The molecule has 2 aliphatic rings. The Bertz CT molecular complexity index is 551. The molecule has 0 aliphatic heterocycles. The van der Waals surface area contributed by atoms with Crippen molar-refractivity contribution in [3.8, 4) is 0 Å². The van der Waals surface area contributed by atoms with Gasteiger partial charge in [-0.3, -0.25) is 20.4 Å². The summed E-state index contributed by atoms with van der Waals surface area (Å²) >= 11 is 0. The minimum atomic E-state index is -0.0897. The van der Waals surface area contributed by atoms with Gasteiger partial charge >= 0.3 is 0 Å².